The first-order valence-corrected chi connectivity index (χ1v) is 5.68. The fourth-order valence-electron chi connectivity index (χ4n) is 1.81. The zero-order valence-corrected chi connectivity index (χ0v) is 10.7. The molecule has 0 atom stereocenters. The highest BCUT2D eigenvalue weighted by atomic mass is 16.1. The number of aromatic nitrogens is 1. The summed E-state index contributed by atoms with van der Waals surface area (Å²) in [6.45, 7) is 7.88. The van der Waals surface area contributed by atoms with Crippen molar-refractivity contribution >= 4 is 10.9 Å². The normalized spacial score (nSPS) is 9.81. The highest BCUT2D eigenvalue weighted by molar-refractivity contribution is 5.83. The first kappa shape index (κ1) is 12.5. The fraction of sp³-hybridized carbons (Fsp3) is 0.357. The standard InChI is InChI=1S/C12H13NO.C2H6/c1-8-9(2)12(14)13(3)11-7-5-4-6-10(8)11;1-2/h4-7H,1-3H3;1-2H3. The molecule has 2 nitrogen and oxygen atoms in total. The molecule has 1 aromatic carbocycles. The second kappa shape index (κ2) is 4.97. The first-order chi connectivity index (χ1) is 7.63. The van der Waals surface area contributed by atoms with Crippen LogP contribution >= 0.6 is 0 Å². The highest BCUT2D eigenvalue weighted by Gasteiger charge is 2.06. The summed E-state index contributed by atoms with van der Waals surface area (Å²) in [5.41, 5.74) is 3.02. The molecular weight excluding hydrogens is 198 g/mol. The Morgan fingerprint density at radius 2 is 1.56 bits per heavy atom. The third kappa shape index (κ3) is 1.87. The molecule has 0 aliphatic heterocycles. The van der Waals surface area contributed by atoms with E-state index in [2.05, 4.69) is 6.07 Å². The van der Waals surface area contributed by atoms with Gasteiger partial charge in [-0.3, -0.25) is 4.79 Å². The summed E-state index contributed by atoms with van der Waals surface area (Å²) in [5.74, 6) is 0. The van der Waals surface area contributed by atoms with Crippen LogP contribution in [0.3, 0.4) is 0 Å². The van der Waals surface area contributed by atoms with Crippen LogP contribution in [0.5, 0.6) is 0 Å². The Labute approximate surface area is 96.5 Å². The number of nitrogens with zero attached hydrogens (tertiary/aromatic N) is 1. The molecule has 0 bridgehead atoms. The molecule has 0 radical (unpaired) electrons. The van der Waals surface area contributed by atoms with E-state index in [-0.39, 0.29) is 5.56 Å². The number of hydrogen-bond donors (Lipinski definition) is 0. The van der Waals surface area contributed by atoms with Gasteiger partial charge in [0.25, 0.3) is 5.56 Å². The van der Waals surface area contributed by atoms with E-state index in [1.165, 1.54) is 0 Å². The van der Waals surface area contributed by atoms with Gasteiger partial charge in [0.15, 0.2) is 0 Å². The smallest absolute Gasteiger partial charge is 0.253 e. The molecule has 1 aromatic heterocycles. The molecule has 86 valence electrons. The van der Waals surface area contributed by atoms with Crippen LogP contribution in [0.2, 0.25) is 0 Å². The molecule has 0 aliphatic rings. The molecule has 0 amide bonds. The zero-order valence-electron chi connectivity index (χ0n) is 10.7. The number of fused-ring (bicyclic) bond motifs is 1. The molecular formula is C14H19NO. The molecule has 0 N–H and O–H groups in total. The molecule has 16 heavy (non-hydrogen) atoms. The predicted octanol–water partition coefficient (Wildman–Crippen LogP) is 3.18. The number of hydrogen-bond acceptors (Lipinski definition) is 1. The Balaban J connectivity index is 0.000000606. The number of rotatable bonds is 0. The van der Waals surface area contributed by atoms with Crippen molar-refractivity contribution in [2.24, 2.45) is 7.05 Å². The molecule has 2 heteroatoms. The van der Waals surface area contributed by atoms with Gasteiger partial charge in [-0.25, -0.2) is 0 Å². The lowest BCUT2D eigenvalue weighted by Gasteiger charge is -2.09. The van der Waals surface area contributed by atoms with E-state index in [0.29, 0.717) is 0 Å². The van der Waals surface area contributed by atoms with Gasteiger partial charge in [-0.15, -0.1) is 0 Å². The maximum Gasteiger partial charge on any atom is 0.253 e. The van der Waals surface area contributed by atoms with E-state index in [9.17, 15) is 4.79 Å². The number of pyridine rings is 1. The van der Waals surface area contributed by atoms with Gasteiger partial charge >= 0.3 is 0 Å². The van der Waals surface area contributed by atoms with Gasteiger partial charge in [0.1, 0.15) is 0 Å². The van der Waals surface area contributed by atoms with Crippen molar-refractivity contribution in [2.45, 2.75) is 27.7 Å². The van der Waals surface area contributed by atoms with Crippen molar-refractivity contribution in [1.82, 2.24) is 4.57 Å². The number of para-hydroxylation sites is 1. The minimum absolute atomic E-state index is 0.0983. The van der Waals surface area contributed by atoms with E-state index in [4.69, 9.17) is 0 Å². The van der Waals surface area contributed by atoms with E-state index in [1.54, 1.807) is 4.57 Å². The third-order valence-corrected chi connectivity index (χ3v) is 2.86. The van der Waals surface area contributed by atoms with Gasteiger partial charge in [0, 0.05) is 18.0 Å². The Morgan fingerprint density at radius 1 is 1.00 bits per heavy atom. The van der Waals surface area contributed by atoms with Crippen molar-refractivity contribution in [3.05, 3.63) is 45.7 Å². The summed E-state index contributed by atoms with van der Waals surface area (Å²) in [6.07, 6.45) is 0. The van der Waals surface area contributed by atoms with E-state index in [1.807, 2.05) is 52.9 Å². The molecule has 0 saturated heterocycles. The van der Waals surface area contributed by atoms with Crippen LogP contribution in [-0.4, -0.2) is 4.57 Å². The second-order valence-electron chi connectivity index (χ2n) is 3.63. The van der Waals surface area contributed by atoms with Crippen LogP contribution in [0.1, 0.15) is 25.0 Å². The quantitative estimate of drug-likeness (QED) is 0.664. The Kier molecular flexibility index (Phi) is 3.88. The summed E-state index contributed by atoms with van der Waals surface area (Å²) >= 11 is 0. The largest absolute Gasteiger partial charge is 0.311 e. The van der Waals surface area contributed by atoms with Crippen LogP contribution < -0.4 is 5.56 Å². The monoisotopic (exact) mass is 217 g/mol. The SMILES string of the molecule is CC.Cc1c(C)c2ccccc2n(C)c1=O. The molecule has 1 heterocycles. The Morgan fingerprint density at radius 3 is 2.19 bits per heavy atom. The Hall–Kier alpha value is -1.57. The Bertz CT molecular complexity index is 552. The summed E-state index contributed by atoms with van der Waals surface area (Å²) in [6, 6.07) is 7.98. The second-order valence-corrected chi connectivity index (χ2v) is 3.63. The van der Waals surface area contributed by atoms with Gasteiger partial charge in [0.2, 0.25) is 0 Å². The molecule has 0 fully saturated rings. The van der Waals surface area contributed by atoms with Crippen LogP contribution in [0, 0.1) is 13.8 Å². The first-order valence-electron chi connectivity index (χ1n) is 5.68. The number of benzene rings is 1. The average molecular weight is 217 g/mol. The van der Waals surface area contributed by atoms with Crippen molar-refractivity contribution in [3.8, 4) is 0 Å². The topological polar surface area (TPSA) is 22.0 Å². The van der Waals surface area contributed by atoms with Crippen molar-refractivity contribution < 1.29 is 0 Å². The minimum Gasteiger partial charge on any atom is -0.311 e. The maximum atomic E-state index is 11.8. The summed E-state index contributed by atoms with van der Waals surface area (Å²) < 4.78 is 1.71. The van der Waals surface area contributed by atoms with Crippen LogP contribution in [-0.2, 0) is 7.05 Å². The van der Waals surface area contributed by atoms with Gasteiger partial charge in [0.05, 0.1) is 5.52 Å². The molecule has 2 rings (SSSR count). The fourth-order valence-corrected chi connectivity index (χ4v) is 1.81. The van der Waals surface area contributed by atoms with Crippen molar-refractivity contribution in [3.63, 3.8) is 0 Å². The lowest BCUT2D eigenvalue weighted by molar-refractivity contribution is 0.888. The van der Waals surface area contributed by atoms with Crippen molar-refractivity contribution in [2.75, 3.05) is 0 Å². The van der Waals surface area contributed by atoms with E-state index < -0.39 is 0 Å². The lowest BCUT2D eigenvalue weighted by atomic mass is 10.1. The van der Waals surface area contributed by atoms with Crippen molar-refractivity contribution in [1.29, 1.82) is 0 Å². The van der Waals surface area contributed by atoms with Gasteiger partial charge in [-0.05, 0) is 25.5 Å². The van der Waals surface area contributed by atoms with E-state index in [0.717, 1.165) is 22.0 Å². The lowest BCUT2D eigenvalue weighted by Crippen LogP contribution is -2.20. The summed E-state index contributed by atoms with van der Waals surface area (Å²) in [4.78, 5) is 11.8. The van der Waals surface area contributed by atoms with E-state index >= 15 is 0 Å². The minimum atomic E-state index is 0.0983. The maximum absolute atomic E-state index is 11.8. The van der Waals surface area contributed by atoms with Crippen LogP contribution in [0.25, 0.3) is 10.9 Å². The summed E-state index contributed by atoms with van der Waals surface area (Å²) in [5, 5.41) is 1.16. The van der Waals surface area contributed by atoms with Gasteiger partial charge in [-0.1, -0.05) is 32.0 Å². The molecule has 0 spiro atoms. The predicted molar refractivity (Wildman–Crippen MR) is 70.0 cm³/mol. The zero-order chi connectivity index (χ0) is 12.3. The molecule has 0 unspecified atom stereocenters. The van der Waals surface area contributed by atoms with Gasteiger partial charge in [-0.2, -0.15) is 0 Å². The molecule has 0 saturated carbocycles. The third-order valence-electron chi connectivity index (χ3n) is 2.86. The van der Waals surface area contributed by atoms with Crippen LogP contribution in [0.15, 0.2) is 29.1 Å². The molecule has 0 aliphatic carbocycles. The van der Waals surface area contributed by atoms with Gasteiger partial charge < -0.3 is 4.57 Å². The van der Waals surface area contributed by atoms with Crippen LogP contribution in [0.4, 0.5) is 0 Å². The summed E-state index contributed by atoms with van der Waals surface area (Å²) in [7, 11) is 1.82. The highest BCUT2D eigenvalue weighted by Crippen LogP contribution is 2.17. The average Bonchev–Trinajstić information content (AvgIpc) is 2.36. The molecule has 2 aromatic rings. The number of aryl methyl sites for hydroxylation is 2.